The fourth-order valence-electron chi connectivity index (χ4n) is 5.19. The summed E-state index contributed by atoms with van der Waals surface area (Å²) in [6, 6.07) is 10.1. The van der Waals surface area contributed by atoms with Gasteiger partial charge in [-0.2, -0.15) is 0 Å². The molecule has 248 valence electrons. The van der Waals surface area contributed by atoms with Crippen LogP contribution < -0.4 is 21.3 Å². The summed E-state index contributed by atoms with van der Waals surface area (Å²) in [6.45, 7) is 7.62. The summed E-state index contributed by atoms with van der Waals surface area (Å²) in [7, 11) is 0. The second-order valence-electron chi connectivity index (χ2n) is 12.1. The van der Waals surface area contributed by atoms with E-state index >= 15 is 0 Å². The first-order valence-electron chi connectivity index (χ1n) is 15.6. The maximum absolute atomic E-state index is 13.2. The molecule has 12 nitrogen and oxygen atoms in total. The molecule has 0 aromatic heterocycles. The van der Waals surface area contributed by atoms with Gasteiger partial charge in [0.1, 0.15) is 12.1 Å². The van der Waals surface area contributed by atoms with Crippen LogP contribution in [-0.2, 0) is 32.0 Å². The summed E-state index contributed by atoms with van der Waals surface area (Å²) in [5.41, 5.74) is 1.51. The van der Waals surface area contributed by atoms with Gasteiger partial charge < -0.3 is 31.5 Å². The first kappa shape index (κ1) is 35.7. The Morgan fingerprint density at radius 3 is 1.24 bits per heavy atom. The van der Waals surface area contributed by atoms with Crippen molar-refractivity contribution in [3.05, 3.63) is 70.8 Å². The number of rotatable bonds is 16. The van der Waals surface area contributed by atoms with Gasteiger partial charge in [-0.15, -0.1) is 0 Å². The van der Waals surface area contributed by atoms with Crippen LogP contribution in [0.2, 0.25) is 0 Å². The Balaban J connectivity index is 1.50. The topological polar surface area (TPSA) is 191 Å². The predicted octanol–water partition coefficient (Wildman–Crippen LogP) is 2.69. The van der Waals surface area contributed by atoms with Crippen LogP contribution in [0.25, 0.3) is 0 Å². The fourth-order valence-corrected chi connectivity index (χ4v) is 5.19. The summed E-state index contributed by atoms with van der Waals surface area (Å²) in [6.07, 6.45) is 2.33. The molecular formula is C34H44N4O8. The number of aromatic carboxylic acids is 2. The molecule has 3 rings (SSSR count). The molecule has 6 N–H and O–H groups in total. The standard InChI is InChI=1S/C34H44N4O8/c1-5-19(3)29(37-27(39)15-21-7-11-23(12-8-21)33(43)44)31(41)35-25-17-26(18-25)36-32(42)30(20(4)6-2)38-28(40)16-22-9-13-24(14-10-22)34(45)46/h7-14,19-20,25-26,29-30H,5-6,15-18H2,1-4H3,(H,35,41)(H,36,42)(H,37,39)(H,38,40)(H,43,44)(H,45,46)/t19?,20?,25?,26?,29-,30-/m0/s1. The van der Waals surface area contributed by atoms with Crippen molar-refractivity contribution >= 4 is 35.6 Å². The minimum Gasteiger partial charge on any atom is -0.478 e. The van der Waals surface area contributed by atoms with E-state index in [9.17, 15) is 28.8 Å². The van der Waals surface area contributed by atoms with Crippen LogP contribution >= 0.6 is 0 Å². The number of benzene rings is 2. The lowest BCUT2D eigenvalue weighted by molar-refractivity contribution is -0.132. The molecule has 1 fully saturated rings. The zero-order valence-corrected chi connectivity index (χ0v) is 26.7. The summed E-state index contributed by atoms with van der Waals surface area (Å²) in [4.78, 5) is 74.0. The van der Waals surface area contributed by atoms with Crippen molar-refractivity contribution in [2.45, 2.75) is 90.4 Å². The summed E-state index contributed by atoms with van der Waals surface area (Å²) >= 11 is 0. The molecule has 2 aromatic rings. The van der Waals surface area contributed by atoms with Crippen molar-refractivity contribution in [3.63, 3.8) is 0 Å². The molecule has 0 radical (unpaired) electrons. The smallest absolute Gasteiger partial charge is 0.335 e. The van der Waals surface area contributed by atoms with E-state index in [1.807, 2.05) is 27.7 Å². The highest BCUT2D eigenvalue weighted by molar-refractivity contribution is 5.91. The second-order valence-corrected chi connectivity index (χ2v) is 12.1. The molecule has 1 aliphatic rings. The van der Waals surface area contributed by atoms with E-state index in [-0.39, 0.29) is 71.5 Å². The van der Waals surface area contributed by atoms with Crippen LogP contribution in [0.3, 0.4) is 0 Å². The van der Waals surface area contributed by atoms with E-state index in [0.29, 0.717) is 36.8 Å². The summed E-state index contributed by atoms with van der Waals surface area (Å²) < 4.78 is 0. The number of hydrogen-bond donors (Lipinski definition) is 6. The van der Waals surface area contributed by atoms with Gasteiger partial charge in [0.15, 0.2) is 0 Å². The number of carbonyl (C=O) groups excluding carboxylic acids is 4. The normalized spacial score (nSPS) is 18.1. The molecule has 0 spiro atoms. The van der Waals surface area contributed by atoms with Crippen molar-refractivity contribution in [3.8, 4) is 0 Å². The molecule has 0 heterocycles. The Hall–Kier alpha value is -4.74. The Morgan fingerprint density at radius 2 is 0.957 bits per heavy atom. The minimum atomic E-state index is -1.05. The van der Waals surface area contributed by atoms with Gasteiger partial charge in [-0.3, -0.25) is 19.2 Å². The fraction of sp³-hybridized carbons (Fsp3) is 0.471. The van der Waals surface area contributed by atoms with Gasteiger partial charge in [-0.25, -0.2) is 9.59 Å². The molecule has 1 aliphatic carbocycles. The average Bonchev–Trinajstić information content (AvgIpc) is 3.00. The monoisotopic (exact) mass is 636 g/mol. The van der Waals surface area contributed by atoms with Gasteiger partial charge >= 0.3 is 11.9 Å². The quantitative estimate of drug-likeness (QED) is 0.162. The minimum absolute atomic E-state index is 0.00252. The Labute approximate surface area is 268 Å². The number of carboxylic acids is 2. The number of carboxylic acid groups (broad SMARTS) is 2. The highest BCUT2D eigenvalue weighted by Gasteiger charge is 2.36. The van der Waals surface area contributed by atoms with Crippen LogP contribution in [0.15, 0.2) is 48.5 Å². The summed E-state index contributed by atoms with van der Waals surface area (Å²) in [5, 5.41) is 29.7. The van der Waals surface area contributed by atoms with Gasteiger partial charge in [-0.05, 0) is 60.1 Å². The SMILES string of the molecule is CCC(C)[C@H](NC(=O)Cc1ccc(C(=O)O)cc1)C(=O)NC1CC(NC(=O)[C@@H](NC(=O)Cc2ccc(C(=O)O)cc2)C(C)CC)C1. The number of hydrogen-bond acceptors (Lipinski definition) is 6. The molecule has 2 aromatic carbocycles. The van der Waals surface area contributed by atoms with Crippen LogP contribution in [0.5, 0.6) is 0 Å². The average molecular weight is 637 g/mol. The van der Waals surface area contributed by atoms with Gasteiger partial charge in [0.25, 0.3) is 0 Å². The molecule has 46 heavy (non-hydrogen) atoms. The molecular weight excluding hydrogens is 592 g/mol. The largest absolute Gasteiger partial charge is 0.478 e. The molecule has 4 amide bonds. The molecule has 4 atom stereocenters. The Bertz CT molecular complexity index is 1300. The van der Waals surface area contributed by atoms with E-state index in [2.05, 4.69) is 21.3 Å². The number of amides is 4. The molecule has 0 saturated heterocycles. The lowest BCUT2D eigenvalue weighted by atomic mass is 9.85. The molecule has 2 unspecified atom stereocenters. The highest BCUT2D eigenvalue weighted by atomic mass is 16.4. The van der Waals surface area contributed by atoms with Gasteiger partial charge in [0.05, 0.1) is 24.0 Å². The lowest BCUT2D eigenvalue weighted by Crippen LogP contribution is -2.60. The second kappa shape index (κ2) is 16.5. The van der Waals surface area contributed by atoms with Crippen molar-refractivity contribution in [1.29, 1.82) is 0 Å². The third kappa shape index (κ3) is 10.1. The number of carbonyl (C=O) groups is 6. The van der Waals surface area contributed by atoms with Gasteiger partial charge in [0, 0.05) is 12.1 Å². The molecule has 0 aliphatic heterocycles. The van der Waals surface area contributed by atoms with E-state index < -0.39 is 24.0 Å². The van der Waals surface area contributed by atoms with Crippen molar-refractivity contribution < 1.29 is 39.0 Å². The van der Waals surface area contributed by atoms with Crippen LogP contribution in [-0.4, -0.2) is 69.9 Å². The molecule has 0 bridgehead atoms. The van der Waals surface area contributed by atoms with E-state index in [1.54, 1.807) is 24.3 Å². The van der Waals surface area contributed by atoms with Crippen molar-refractivity contribution in [2.24, 2.45) is 11.8 Å². The first-order valence-corrected chi connectivity index (χ1v) is 15.6. The van der Waals surface area contributed by atoms with Crippen LogP contribution in [0.1, 0.15) is 85.2 Å². The van der Waals surface area contributed by atoms with Crippen molar-refractivity contribution in [2.75, 3.05) is 0 Å². The van der Waals surface area contributed by atoms with E-state index in [4.69, 9.17) is 10.2 Å². The zero-order valence-electron chi connectivity index (χ0n) is 26.7. The van der Waals surface area contributed by atoms with Gasteiger partial charge in [0.2, 0.25) is 23.6 Å². The first-order chi connectivity index (χ1) is 21.8. The Kier molecular flexibility index (Phi) is 12.8. The van der Waals surface area contributed by atoms with E-state index in [1.165, 1.54) is 24.3 Å². The molecule has 1 saturated carbocycles. The van der Waals surface area contributed by atoms with E-state index in [0.717, 1.165) is 0 Å². The lowest BCUT2D eigenvalue weighted by Gasteiger charge is -2.38. The third-order valence-electron chi connectivity index (χ3n) is 8.59. The van der Waals surface area contributed by atoms with Crippen LogP contribution in [0.4, 0.5) is 0 Å². The Morgan fingerprint density at radius 1 is 0.630 bits per heavy atom. The van der Waals surface area contributed by atoms with Gasteiger partial charge in [-0.1, -0.05) is 64.8 Å². The molecule has 12 heteroatoms. The summed E-state index contributed by atoms with van der Waals surface area (Å²) in [5.74, 6) is -3.69. The maximum atomic E-state index is 13.2. The third-order valence-corrected chi connectivity index (χ3v) is 8.59. The van der Waals surface area contributed by atoms with Crippen LogP contribution in [0, 0.1) is 11.8 Å². The van der Waals surface area contributed by atoms with Crippen molar-refractivity contribution in [1.82, 2.24) is 21.3 Å². The maximum Gasteiger partial charge on any atom is 0.335 e. The number of nitrogens with one attached hydrogen (secondary N) is 4. The zero-order chi connectivity index (χ0) is 34.0. The predicted molar refractivity (Wildman–Crippen MR) is 170 cm³/mol. The highest BCUT2D eigenvalue weighted by Crippen LogP contribution is 2.22.